The molecule has 0 aliphatic rings. The molecule has 0 spiro atoms. The summed E-state index contributed by atoms with van der Waals surface area (Å²) in [5.41, 5.74) is 1.88. The maximum Gasteiger partial charge on any atom is 0.330 e. The van der Waals surface area contributed by atoms with Crippen molar-refractivity contribution in [3.05, 3.63) is 34.9 Å². The molecule has 0 saturated carbocycles. The van der Waals surface area contributed by atoms with Crippen molar-refractivity contribution in [2.75, 3.05) is 0 Å². The second-order valence-electron chi connectivity index (χ2n) is 13.5. The van der Waals surface area contributed by atoms with Crippen LogP contribution in [0.3, 0.4) is 0 Å². The number of aliphatic carboxylic acids is 1. The molecule has 226 valence electrons. The summed E-state index contributed by atoms with van der Waals surface area (Å²) < 4.78 is 7.05. The van der Waals surface area contributed by atoms with E-state index in [0.29, 0.717) is 11.5 Å². The van der Waals surface area contributed by atoms with Crippen LogP contribution in [-0.2, 0) is 14.0 Å². The van der Waals surface area contributed by atoms with Gasteiger partial charge in [-0.1, -0.05) is 124 Å². The quantitative estimate of drug-likeness (QED) is 0.0736. The fourth-order valence-electron chi connectivity index (χ4n) is 4.87. The van der Waals surface area contributed by atoms with E-state index < -0.39 is 20.2 Å². The van der Waals surface area contributed by atoms with Crippen LogP contribution < -0.4 is 0 Å². The number of Topliss-reactive ketones (excluding diaryl/α,β-unsaturated/α-hetero) is 1. The summed E-state index contributed by atoms with van der Waals surface area (Å²) in [6.45, 7) is 25.6. The molecule has 0 unspecified atom stereocenters. The van der Waals surface area contributed by atoms with Crippen LogP contribution in [-0.4, -0.2) is 31.3 Å². The summed E-state index contributed by atoms with van der Waals surface area (Å²) in [7, 11) is -1.96. The zero-order chi connectivity index (χ0) is 30.4. The van der Waals surface area contributed by atoms with Gasteiger partial charge in [-0.05, 0) is 62.7 Å². The van der Waals surface area contributed by atoms with Crippen molar-refractivity contribution in [2.24, 2.45) is 17.8 Å². The van der Waals surface area contributed by atoms with Gasteiger partial charge in [-0.3, -0.25) is 4.79 Å². The van der Waals surface area contributed by atoms with Crippen LogP contribution >= 0.6 is 0 Å². The average molecular weight is 563 g/mol. The first-order chi connectivity index (χ1) is 17.9. The Bertz CT molecular complexity index is 844. The molecule has 0 heterocycles. The van der Waals surface area contributed by atoms with E-state index in [9.17, 15) is 9.59 Å². The topological polar surface area (TPSA) is 63.6 Å². The second-order valence-corrected chi connectivity index (χ2v) is 18.2. The summed E-state index contributed by atoms with van der Waals surface area (Å²) in [5, 5.41) is 9.27. The lowest BCUT2D eigenvalue weighted by atomic mass is 9.88. The van der Waals surface area contributed by atoms with Gasteiger partial charge in [0.1, 0.15) is 0 Å². The molecule has 4 nitrogen and oxygen atoms in total. The highest BCUT2D eigenvalue weighted by molar-refractivity contribution is 6.74. The molecule has 0 aromatic heterocycles. The number of unbranched alkanes of at least 4 members (excludes halogenated alkanes) is 7. The first-order valence-corrected chi connectivity index (χ1v) is 18.4. The van der Waals surface area contributed by atoms with Crippen LogP contribution in [0.4, 0.5) is 0 Å². The van der Waals surface area contributed by atoms with E-state index in [2.05, 4.69) is 60.7 Å². The van der Waals surface area contributed by atoms with Gasteiger partial charge in [-0.15, -0.1) is 0 Å². The van der Waals surface area contributed by atoms with Crippen LogP contribution in [0.5, 0.6) is 0 Å². The SMILES string of the molecule is CCCCCCCCCC[C@H](C)[C@@H](O[Si](C)(C)C(C)(C)C)[C@@H](C)/C=C(C)/C=C(\C)C(=O)[C@H](C)/C=C(\C)C(=O)O. The molecule has 0 aliphatic heterocycles. The Morgan fingerprint density at radius 3 is 1.85 bits per heavy atom. The van der Waals surface area contributed by atoms with Crippen LogP contribution in [0.25, 0.3) is 0 Å². The highest BCUT2D eigenvalue weighted by atomic mass is 28.4. The third-order valence-corrected chi connectivity index (χ3v) is 12.9. The van der Waals surface area contributed by atoms with Gasteiger partial charge in [0.25, 0.3) is 0 Å². The van der Waals surface area contributed by atoms with E-state index in [0.717, 1.165) is 5.57 Å². The van der Waals surface area contributed by atoms with Crippen LogP contribution in [0.15, 0.2) is 34.9 Å². The van der Waals surface area contributed by atoms with E-state index >= 15 is 0 Å². The maximum absolute atomic E-state index is 12.9. The van der Waals surface area contributed by atoms with E-state index in [1.165, 1.54) is 70.8 Å². The van der Waals surface area contributed by atoms with Gasteiger partial charge in [0.05, 0.1) is 6.10 Å². The first-order valence-electron chi connectivity index (χ1n) is 15.4. The molecule has 0 aromatic rings. The summed E-state index contributed by atoms with van der Waals surface area (Å²) >= 11 is 0. The number of carbonyl (C=O) groups excluding carboxylic acids is 1. The number of hydrogen-bond donors (Lipinski definition) is 1. The Balaban J connectivity index is 5.56. The second kappa shape index (κ2) is 18.1. The summed E-state index contributed by atoms with van der Waals surface area (Å²) in [5.74, 6) is -0.838. The number of ketones is 1. The minimum Gasteiger partial charge on any atom is -0.478 e. The van der Waals surface area contributed by atoms with Gasteiger partial charge in [-0.2, -0.15) is 0 Å². The third kappa shape index (κ3) is 14.7. The number of allylic oxidation sites excluding steroid dienone is 4. The largest absolute Gasteiger partial charge is 0.478 e. The van der Waals surface area contributed by atoms with Crippen molar-refractivity contribution in [3.8, 4) is 0 Å². The molecule has 0 saturated heterocycles. The van der Waals surface area contributed by atoms with Gasteiger partial charge >= 0.3 is 5.97 Å². The molecule has 0 radical (unpaired) electrons. The van der Waals surface area contributed by atoms with Crippen molar-refractivity contribution in [1.29, 1.82) is 0 Å². The fraction of sp³-hybridized carbons (Fsp3) is 0.765. The van der Waals surface area contributed by atoms with Gasteiger partial charge in [0, 0.05) is 11.5 Å². The Morgan fingerprint density at radius 1 is 0.846 bits per heavy atom. The minimum atomic E-state index is -1.96. The van der Waals surface area contributed by atoms with Gasteiger partial charge in [0.15, 0.2) is 14.1 Å². The molecule has 39 heavy (non-hydrogen) atoms. The third-order valence-electron chi connectivity index (χ3n) is 8.44. The minimum absolute atomic E-state index is 0.0480. The van der Waals surface area contributed by atoms with Crippen molar-refractivity contribution < 1.29 is 19.1 Å². The first kappa shape index (κ1) is 37.5. The molecule has 0 rings (SSSR count). The molecule has 0 fully saturated rings. The predicted molar refractivity (Wildman–Crippen MR) is 171 cm³/mol. The van der Waals surface area contributed by atoms with Crippen LogP contribution in [0.1, 0.15) is 127 Å². The number of rotatable bonds is 19. The lowest BCUT2D eigenvalue weighted by molar-refractivity contribution is -0.132. The van der Waals surface area contributed by atoms with Crippen LogP contribution in [0, 0.1) is 17.8 Å². The normalized spacial score (nSPS) is 17.1. The molecular weight excluding hydrogens is 500 g/mol. The van der Waals surface area contributed by atoms with Crippen LogP contribution in [0.2, 0.25) is 18.1 Å². The number of carbonyl (C=O) groups is 2. The molecule has 4 atom stereocenters. The van der Waals surface area contributed by atoms with E-state index in [-0.39, 0.29) is 28.4 Å². The zero-order valence-electron chi connectivity index (χ0n) is 27.6. The van der Waals surface area contributed by atoms with Gasteiger partial charge in [0.2, 0.25) is 0 Å². The molecule has 0 bridgehead atoms. The summed E-state index contributed by atoms with van der Waals surface area (Å²) in [6, 6.07) is 0. The van der Waals surface area contributed by atoms with Crippen molar-refractivity contribution in [1.82, 2.24) is 0 Å². The summed E-state index contributed by atoms with van der Waals surface area (Å²) in [4.78, 5) is 24.0. The highest BCUT2D eigenvalue weighted by Crippen LogP contribution is 2.40. The van der Waals surface area contributed by atoms with Crippen molar-refractivity contribution in [3.63, 3.8) is 0 Å². The Labute approximate surface area is 242 Å². The van der Waals surface area contributed by atoms with E-state index in [1.807, 2.05) is 19.9 Å². The predicted octanol–water partition coefficient (Wildman–Crippen LogP) is 10.3. The number of hydrogen-bond acceptors (Lipinski definition) is 3. The molecule has 0 aromatic carbocycles. The monoisotopic (exact) mass is 562 g/mol. The summed E-state index contributed by atoms with van der Waals surface area (Å²) in [6.07, 6.45) is 17.6. The zero-order valence-corrected chi connectivity index (χ0v) is 28.6. The molecular formula is C34H62O4Si. The smallest absolute Gasteiger partial charge is 0.330 e. The number of carboxylic acid groups (broad SMARTS) is 1. The lowest BCUT2D eigenvalue weighted by Crippen LogP contribution is -2.47. The van der Waals surface area contributed by atoms with Crippen molar-refractivity contribution in [2.45, 2.75) is 151 Å². The number of carboxylic acids is 1. The Kier molecular flexibility index (Phi) is 17.4. The fourth-order valence-corrected chi connectivity index (χ4v) is 6.36. The Hall–Kier alpha value is -1.46. The lowest BCUT2D eigenvalue weighted by Gasteiger charge is -2.42. The average Bonchev–Trinajstić information content (AvgIpc) is 2.82. The van der Waals surface area contributed by atoms with Gasteiger partial charge < -0.3 is 9.53 Å². The van der Waals surface area contributed by atoms with E-state index in [4.69, 9.17) is 9.53 Å². The Morgan fingerprint density at radius 2 is 1.36 bits per heavy atom. The molecule has 0 amide bonds. The van der Waals surface area contributed by atoms with E-state index in [1.54, 1.807) is 6.92 Å². The maximum atomic E-state index is 12.9. The molecule has 1 N–H and O–H groups in total. The molecule has 5 heteroatoms. The highest BCUT2D eigenvalue weighted by Gasteiger charge is 2.41. The van der Waals surface area contributed by atoms with Crippen molar-refractivity contribution >= 4 is 20.1 Å². The van der Waals surface area contributed by atoms with Gasteiger partial charge in [-0.25, -0.2) is 4.79 Å². The molecule has 0 aliphatic carbocycles. The standard InChI is InChI=1S/C34H62O4Si/c1-13-14-15-16-17-18-19-20-21-26(3)32(38-39(11,12)34(8,9)10)29(6)23-25(2)22-27(4)31(35)28(5)24-30(7)33(36)37/h22-24,26,28-29,32H,13-21H2,1-12H3,(H,36,37)/b25-23+,27-22+,30-24+/t26-,28+,29-,32+/m0/s1.